The van der Waals surface area contributed by atoms with E-state index in [4.69, 9.17) is 5.11 Å². The average molecular weight is 241 g/mol. The Morgan fingerprint density at radius 2 is 2.19 bits per heavy atom. The highest BCUT2D eigenvalue weighted by molar-refractivity contribution is 7.12. The van der Waals surface area contributed by atoms with Gasteiger partial charge in [-0.2, -0.15) is 0 Å². The molecule has 1 rings (SSSR count). The van der Waals surface area contributed by atoms with E-state index >= 15 is 0 Å². The molecule has 1 aromatic heterocycles. The van der Waals surface area contributed by atoms with Crippen LogP contribution in [0.3, 0.4) is 0 Å². The van der Waals surface area contributed by atoms with Crippen LogP contribution in [0.5, 0.6) is 0 Å². The number of thiophene rings is 1. The third kappa shape index (κ3) is 2.82. The first-order valence-electron chi connectivity index (χ1n) is 5.20. The van der Waals surface area contributed by atoms with Crippen molar-refractivity contribution in [3.63, 3.8) is 0 Å². The summed E-state index contributed by atoms with van der Waals surface area (Å²) in [5.41, 5.74) is 0.961. The summed E-state index contributed by atoms with van der Waals surface area (Å²) in [5.74, 6) is -1.29. The number of amides is 1. The van der Waals surface area contributed by atoms with Gasteiger partial charge in [-0.25, -0.2) is 4.79 Å². The molecule has 0 radical (unpaired) electrons. The second-order valence-corrected chi connectivity index (χ2v) is 4.32. The van der Waals surface area contributed by atoms with Gasteiger partial charge in [0, 0.05) is 0 Å². The average Bonchev–Trinajstić information content (AvgIpc) is 2.72. The van der Waals surface area contributed by atoms with E-state index in [1.807, 2.05) is 18.4 Å². The van der Waals surface area contributed by atoms with Gasteiger partial charge in [-0.1, -0.05) is 13.8 Å². The Bertz CT molecular complexity index is 386. The van der Waals surface area contributed by atoms with Crippen LogP contribution in [0.1, 0.15) is 35.5 Å². The molecule has 16 heavy (non-hydrogen) atoms. The van der Waals surface area contributed by atoms with Crippen LogP contribution < -0.4 is 5.32 Å². The van der Waals surface area contributed by atoms with Gasteiger partial charge in [0.1, 0.15) is 6.04 Å². The fraction of sp³-hybridized carbons (Fsp3) is 0.455. The number of rotatable bonds is 5. The molecule has 2 N–H and O–H groups in total. The fourth-order valence-electron chi connectivity index (χ4n) is 1.38. The van der Waals surface area contributed by atoms with Crippen molar-refractivity contribution < 1.29 is 14.7 Å². The summed E-state index contributed by atoms with van der Waals surface area (Å²) in [4.78, 5) is 23.2. The molecule has 0 aliphatic heterocycles. The number of nitrogens with one attached hydrogen (secondary N) is 1. The van der Waals surface area contributed by atoms with E-state index in [0.717, 1.165) is 12.0 Å². The number of hydrogen-bond acceptors (Lipinski definition) is 3. The van der Waals surface area contributed by atoms with Gasteiger partial charge in [-0.3, -0.25) is 4.79 Å². The SMILES string of the molecule is CCc1ccsc1C(=O)N[C@H](CC)C(=O)O. The Morgan fingerprint density at radius 3 is 2.69 bits per heavy atom. The molecule has 1 heterocycles. The van der Waals surface area contributed by atoms with Crippen molar-refractivity contribution in [3.05, 3.63) is 21.9 Å². The Balaban J connectivity index is 2.75. The molecule has 1 atom stereocenters. The Hall–Kier alpha value is -1.36. The highest BCUT2D eigenvalue weighted by Crippen LogP contribution is 2.17. The Morgan fingerprint density at radius 1 is 1.50 bits per heavy atom. The molecule has 1 amide bonds. The minimum Gasteiger partial charge on any atom is -0.480 e. The van der Waals surface area contributed by atoms with Gasteiger partial charge in [0.2, 0.25) is 0 Å². The molecule has 1 aromatic rings. The summed E-state index contributed by atoms with van der Waals surface area (Å²) < 4.78 is 0. The van der Waals surface area contributed by atoms with Crippen molar-refractivity contribution in [1.29, 1.82) is 0 Å². The zero-order valence-corrected chi connectivity index (χ0v) is 10.1. The topological polar surface area (TPSA) is 66.4 Å². The van der Waals surface area contributed by atoms with Gasteiger partial charge >= 0.3 is 5.97 Å². The lowest BCUT2D eigenvalue weighted by molar-refractivity contribution is -0.139. The van der Waals surface area contributed by atoms with Crippen LogP contribution in [0.15, 0.2) is 11.4 Å². The van der Waals surface area contributed by atoms with E-state index in [-0.39, 0.29) is 5.91 Å². The van der Waals surface area contributed by atoms with Crippen LogP contribution >= 0.6 is 11.3 Å². The van der Waals surface area contributed by atoms with Gasteiger partial charge in [0.25, 0.3) is 5.91 Å². The quantitative estimate of drug-likeness (QED) is 0.827. The van der Waals surface area contributed by atoms with E-state index in [0.29, 0.717) is 11.3 Å². The van der Waals surface area contributed by atoms with Crippen molar-refractivity contribution in [2.24, 2.45) is 0 Å². The molecular formula is C11H15NO3S. The van der Waals surface area contributed by atoms with Crippen molar-refractivity contribution in [2.75, 3.05) is 0 Å². The van der Waals surface area contributed by atoms with Crippen LogP contribution in [0.25, 0.3) is 0 Å². The molecule has 0 aliphatic carbocycles. The summed E-state index contributed by atoms with van der Waals surface area (Å²) in [7, 11) is 0. The first-order valence-corrected chi connectivity index (χ1v) is 6.08. The van der Waals surface area contributed by atoms with Gasteiger partial charge in [0.05, 0.1) is 4.88 Å². The Labute approximate surface area is 98.3 Å². The van der Waals surface area contributed by atoms with Gasteiger partial charge < -0.3 is 10.4 Å². The van der Waals surface area contributed by atoms with Crippen LogP contribution in [0, 0.1) is 0 Å². The molecule has 0 aromatic carbocycles. The second kappa shape index (κ2) is 5.65. The van der Waals surface area contributed by atoms with Gasteiger partial charge in [0.15, 0.2) is 0 Å². The number of aryl methyl sites for hydroxylation is 1. The third-order valence-corrected chi connectivity index (χ3v) is 3.30. The first kappa shape index (κ1) is 12.7. The third-order valence-electron chi connectivity index (χ3n) is 2.35. The zero-order chi connectivity index (χ0) is 12.1. The molecule has 0 aliphatic rings. The first-order chi connectivity index (χ1) is 7.60. The fourth-order valence-corrected chi connectivity index (χ4v) is 2.27. The largest absolute Gasteiger partial charge is 0.480 e. The molecule has 0 spiro atoms. The van der Waals surface area contributed by atoms with Crippen molar-refractivity contribution >= 4 is 23.2 Å². The Kier molecular flexibility index (Phi) is 4.49. The maximum absolute atomic E-state index is 11.8. The van der Waals surface area contributed by atoms with E-state index in [1.165, 1.54) is 11.3 Å². The summed E-state index contributed by atoms with van der Waals surface area (Å²) in [6.45, 7) is 3.70. The molecule has 0 fully saturated rings. The van der Waals surface area contributed by atoms with Crippen LogP contribution in [-0.4, -0.2) is 23.0 Å². The van der Waals surface area contributed by atoms with Crippen LogP contribution in [-0.2, 0) is 11.2 Å². The lowest BCUT2D eigenvalue weighted by atomic mass is 10.2. The molecule has 4 nitrogen and oxygen atoms in total. The van der Waals surface area contributed by atoms with Crippen LogP contribution in [0.2, 0.25) is 0 Å². The van der Waals surface area contributed by atoms with E-state index in [1.54, 1.807) is 6.92 Å². The predicted octanol–water partition coefficient (Wildman–Crippen LogP) is 1.90. The van der Waals surface area contributed by atoms with Crippen molar-refractivity contribution in [2.45, 2.75) is 32.7 Å². The second-order valence-electron chi connectivity index (χ2n) is 3.40. The summed E-state index contributed by atoms with van der Waals surface area (Å²) >= 11 is 1.34. The lowest BCUT2D eigenvalue weighted by Gasteiger charge is -2.11. The molecule has 0 bridgehead atoms. The maximum atomic E-state index is 11.8. The number of carbonyl (C=O) groups is 2. The lowest BCUT2D eigenvalue weighted by Crippen LogP contribution is -2.40. The van der Waals surface area contributed by atoms with E-state index < -0.39 is 12.0 Å². The molecular weight excluding hydrogens is 226 g/mol. The molecule has 0 unspecified atom stereocenters. The number of hydrogen-bond donors (Lipinski definition) is 2. The molecule has 88 valence electrons. The van der Waals surface area contributed by atoms with Crippen LogP contribution in [0.4, 0.5) is 0 Å². The highest BCUT2D eigenvalue weighted by atomic mass is 32.1. The van der Waals surface area contributed by atoms with Crippen molar-refractivity contribution in [1.82, 2.24) is 5.32 Å². The standard InChI is InChI=1S/C11H15NO3S/c1-3-7-5-6-16-9(7)10(13)12-8(4-2)11(14)15/h5-6,8H,3-4H2,1-2H3,(H,12,13)(H,14,15)/t8-/m1/s1. The maximum Gasteiger partial charge on any atom is 0.326 e. The van der Waals surface area contributed by atoms with Gasteiger partial charge in [-0.15, -0.1) is 11.3 Å². The number of carboxylic acid groups (broad SMARTS) is 1. The smallest absolute Gasteiger partial charge is 0.326 e. The molecule has 5 heteroatoms. The number of carboxylic acids is 1. The van der Waals surface area contributed by atoms with E-state index in [2.05, 4.69) is 5.32 Å². The predicted molar refractivity (Wildman–Crippen MR) is 62.9 cm³/mol. The van der Waals surface area contributed by atoms with Gasteiger partial charge in [-0.05, 0) is 29.9 Å². The number of carbonyl (C=O) groups excluding carboxylic acids is 1. The van der Waals surface area contributed by atoms with Crippen molar-refractivity contribution in [3.8, 4) is 0 Å². The highest BCUT2D eigenvalue weighted by Gasteiger charge is 2.20. The van der Waals surface area contributed by atoms with E-state index in [9.17, 15) is 9.59 Å². The number of aliphatic carboxylic acids is 1. The normalized spacial score (nSPS) is 12.1. The minimum atomic E-state index is -0.995. The summed E-state index contributed by atoms with van der Waals surface area (Å²) in [6.07, 6.45) is 1.16. The monoisotopic (exact) mass is 241 g/mol. The minimum absolute atomic E-state index is 0.291. The summed E-state index contributed by atoms with van der Waals surface area (Å²) in [6, 6.07) is 1.08. The molecule has 0 saturated heterocycles. The summed E-state index contributed by atoms with van der Waals surface area (Å²) in [5, 5.41) is 13.2. The zero-order valence-electron chi connectivity index (χ0n) is 9.32. The molecule has 0 saturated carbocycles.